The van der Waals surface area contributed by atoms with Gasteiger partial charge in [0.25, 0.3) is 0 Å². The Hall–Kier alpha value is -1.16. The van der Waals surface area contributed by atoms with Crippen molar-refractivity contribution in [2.24, 2.45) is 5.73 Å². The molecule has 0 saturated carbocycles. The Morgan fingerprint density at radius 3 is 2.80 bits per heavy atom. The van der Waals surface area contributed by atoms with Crippen LogP contribution in [0.1, 0.15) is 25.3 Å². The van der Waals surface area contributed by atoms with Crippen LogP contribution < -0.4 is 10.6 Å². The zero-order valence-corrected chi connectivity index (χ0v) is 9.19. The summed E-state index contributed by atoms with van der Waals surface area (Å²) >= 11 is 0. The van der Waals surface area contributed by atoms with Crippen molar-refractivity contribution in [2.45, 2.75) is 32.2 Å². The summed E-state index contributed by atoms with van der Waals surface area (Å²) in [6.07, 6.45) is 7.05. The minimum atomic E-state index is 0.271. The molecule has 15 heavy (non-hydrogen) atoms. The lowest BCUT2D eigenvalue weighted by molar-refractivity contribution is 0.499. The quantitative estimate of drug-likeness (QED) is 0.783. The fraction of sp³-hybridized carbons (Fsp3) is 0.636. The molecule has 1 aliphatic rings. The molecule has 0 spiro atoms. The Morgan fingerprint density at radius 1 is 1.47 bits per heavy atom. The van der Waals surface area contributed by atoms with Crippen molar-refractivity contribution in [1.29, 1.82) is 0 Å². The van der Waals surface area contributed by atoms with Gasteiger partial charge in [0.05, 0.1) is 0 Å². The zero-order chi connectivity index (χ0) is 10.7. The fourth-order valence-electron chi connectivity index (χ4n) is 1.89. The van der Waals surface area contributed by atoms with Crippen LogP contribution in [0, 0.1) is 0 Å². The van der Waals surface area contributed by atoms with Gasteiger partial charge >= 0.3 is 0 Å². The largest absolute Gasteiger partial charge is 0.339 e. The summed E-state index contributed by atoms with van der Waals surface area (Å²) in [5, 5.41) is 0. The summed E-state index contributed by atoms with van der Waals surface area (Å²) < 4.78 is 0. The molecule has 1 saturated heterocycles. The first-order chi connectivity index (χ1) is 7.29. The van der Waals surface area contributed by atoms with Crippen LogP contribution in [0.15, 0.2) is 12.4 Å². The lowest BCUT2D eigenvalue weighted by atomic mass is 10.1. The number of aromatic nitrogens is 2. The molecule has 0 amide bonds. The number of aryl methyl sites for hydroxylation is 1. The van der Waals surface area contributed by atoms with Gasteiger partial charge in [0.1, 0.15) is 0 Å². The van der Waals surface area contributed by atoms with Gasteiger partial charge in [0.2, 0.25) is 5.95 Å². The van der Waals surface area contributed by atoms with E-state index in [1.54, 1.807) is 0 Å². The number of anilines is 1. The van der Waals surface area contributed by atoms with E-state index in [2.05, 4.69) is 21.8 Å². The van der Waals surface area contributed by atoms with E-state index in [1.807, 2.05) is 12.4 Å². The summed E-state index contributed by atoms with van der Waals surface area (Å²) in [5.74, 6) is 0.822. The average molecular weight is 206 g/mol. The molecule has 0 aliphatic carbocycles. The third-order valence-corrected chi connectivity index (χ3v) is 2.84. The molecule has 0 aromatic carbocycles. The summed E-state index contributed by atoms with van der Waals surface area (Å²) in [6, 6.07) is 0.271. The molecule has 4 heteroatoms. The number of nitrogens with two attached hydrogens (primary N) is 1. The smallest absolute Gasteiger partial charge is 0.225 e. The normalized spacial score (nSPS) is 21.7. The number of piperidine rings is 1. The zero-order valence-electron chi connectivity index (χ0n) is 9.19. The first kappa shape index (κ1) is 10.4. The van der Waals surface area contributed by atoms with Crippen molar-refractivity contribution in [2.75, 3.05) is 18.0 Å². The third-order valence-electron chi connectivity index (χ3n) is 2.84. The first-order valence-corrected chi connectivity index (χ1v) is 5.61. The van der Waals surface area contributed by atoms with Crippen LogP contribution in [0.3, 0.4) is 0 Å². The Morgan fingerprint density at radius 2 is 2.20 bits per heavy atom. The minimum absolute atomic E-state index is 0.271. The third kappa shape index (κ3) is 2.45. The Labute approximate surface area is 90.5 Å². The van der Waals surface area contributed by atoms with Gasteiger partial charge < -0.3 is 10.6 Å². The van der Waals surface area contributed by atoms with Gasteiger partial charge in [-0.05, 0) is 24.8 Å². The van der Waals surface area contributed by atoms with Crippen LogP contribution in [0.2, 0.25) is 0 Å². The number of rotatable bonds is 2. The van der Waals surface area contributed by atoms with Crippen molar-refractivity contribution in [1.82, 2.24) is 9.97 Å². The highest BCUT2D eigenvalue weighted by Gasteiger charge is 2.18. The summed E-state index contributed by atoms with van der Waals surface area (Å²) in [4.78, 5) is 10.9. The van der Waals surface area contributed by atoms with Crippen molar-refractivity contribution in [3.05, 3.63) is 18.0 Å². The first-order valence-electron chi connectivity index (χ1n) is 5.61. The number of hydrogen-bond acceptors (Lipinski definition) is 4. The second kappa shape index (κ2) is 4.57. The van der Waals surface area contributed by atoms with Crippen molar-refractivity contribution < 1.29 is 0 Å². The maximum absolute atomic E-state index is 5.92. The van der Waals surface area contributed by atoms with E-state index in [-0.39, 0.29) is 6.04 Å². The molecule has 1 unspecified atom stereocenters. The van der Waals surface area contributed by atoms with Crippen molar-refractivity contribution >= 4 is 5.95 Å². The Balaban J connectivity index is 2.07. The number of hydrogen-bond donors (Lipinski definition) is 1. The molecule has 2 N–H and O–H groups in total. The summed E-state index contributed by atoms with van der Waals surface area (Å²) in [7, 11) is 0. The molecular formula is C11H18N4. The monoisotopic (exact) mass is 206 g/mol. The van der Waals surface area contributed by atoms with Gasteiger partial charge in [0, 0.05) is 31.5 Å². The molecule has 1 aromatic heterocycles. The molecule has 1 fully saturated rings. The van der Waals surface area contributed by atoms with Gasteiger partial charge in [-0.3, -0.25) is 0 Å². The maximum atomic E-state index is 5.92. The van der Waals surface area contributed by atoms with Gasteiger partial charge in [-0.15, -0.1) is 0 Å². The highest BCUT2D eigenvalue weighted by atomic mass is 15.3. The van der Waals surface area contributed by atoms with Crippen molar-refractivity contribution in [3.63, 3.8) is 0 Å². The van der Waals surface area contributed by atoms with E-state index in [4.69, 9.17) is 5.73 Å². The number of nitrogens with zero attached hydrogens (tertiary/aromatic N) is 3. The lowest BCUT2D eigenvalue weighted by Crippen LogP contribution is -2.43. The van der Waals surface area contributed by atoms with Crippen LogP contribution in [-0.4, -0.2) is 29.1 Å². The fourth-order valence-corrected chi connectivity index (χ4v) is 1.89. The molecule has 1 aliphatic heterocycles. The average Bonchev–Trinajstić information content (AvgIpc) is 2.29. The highest BCUT2D eigenvalue weighted by molar-refractivity contribution is 5.31. The van der Waals surface area contributed by atoms with E-state index in [0.717, 1.165) is 38.3 Å². The molecular weight excluding hydrogens is 188 g/mol. The van der Waals surface area contributed by atoms with Crippen LogP contribution in [0.5, 0.6) is 0 Å². The van der Waals surface area contributed by atoms with E-state index in [1.165, 1.54) is 5.56 Å². The van der Waals surface area contributed by atoms with E-state index in [9.17, 15) is 0 Å². The van der Waals surface area contributed by atoms with Crippen molar-refractivity contribution in [3.8, 4) is 0 Å². The lowest BCUT2D eigenvalue weighted by Gasteiger charge is -2.30. The molecule has 4 nitrogen and oxygen atoms in total. The minimum Gasteiger partial charge on any atom is -0.339 e. The predicted molar refractivity (Wildman–Crippen MR) is 60.8 cm³/mol. The van der Waals surface area contributed by atoms with Crippen LogP contribution in [0.4, 0.5) is 5.95 Å². The highest BCUT2D eigenvalue weighted by Crippen LogP contribution is 2.14. The van der Waals surface area contributed by atoms with E-state index in [0.29, 0.717) is 0 Å². The van der Waals surface area contributed by atoms with Crippen LogP contribution in [-0.2, 0) is 6.42 Å². The van der Waals surface area contributed by atoms with Crippen LogP contribution >= 0.6 is 0 Å². The summed E-state index contributed by atoms with van der Waals surface area (Å²) in [5.41, 5.74) is 7.10. The molecule has 1 atom stereocenters. The summed E-state index contributed by atoms with van der Waals surface area (Å²) in [6.45, 7) is 4.01. The molecule has 2 heterocycles. The van der Waals surface area contributed by atoms with Gasteiger partial charge in [-0.2, -0.15) is 0 Å². The molecule has 0 bridgehead atoms. The van der Waals surface area contributed by atoms with Gasteiger partial charge in [0.15, 0.2) is 0 Å². The standard InChI is InChI=1S/C11H18N4/c1-2-9-6-13-11(14-7-9)15-5-3-4-10(12)8-15/h6-7,10H,2-5,8,12H2,1H3. The van der Waals surface area contributed by atoms with Crippen LogP contribution in [0.25, 0.3) is 0 Å². The SMILES string of the molecule is CCc1cnc(N2CCCC(N)C2)nc1. The second-order valence-electron chi connectivity index (χ2n) is 4.09. The Bertz CT molecular complexity index is 309. The van der Waals surface area contributed by atoms with Gasteiger partial charge in [-0.1, -0.05) is 6.92 Å². The van der Waals surface area contributed by atoms with E-state index >= 15 is 0 Å². The Kier molecular flexibility index (Phi) is 3.16. The second-order valence-corrected chi connectivity index (χ2v) is 4.09. The molecule has 82 valence electrons. The van der Waals surface area contributed by atoms with Gasteiger partial charge in [-0.25, -0.2) is 9.97 Å². The topological polar surface area (TPSA) is 55.0 Å². The molecule has 2 rings (SSSR count). The maximum Gasteiger partial charge on any atom is 0.225 e. The van der Waals surface area contributed by atoms with E-state index < -0.39 is 0 Å². The molecule has 1 aromatic rings. The molecule has 0 radical (unpaired) electrons. The predicted octanol–water partition coefficient (Wildman–Crippen LogP) is 0.966.